The quantitative estimate of drug-likeness (QED) is 0.787. The SMILES string of the molecule is C[C@@H](Sc1nnc(NC2CC2)s1)C(=O)NC1CCCCC1. The Hall–Kier alpha value is -0.820. The number of rotatable bonds is 6. The standard InChI is InChI=1S/C14H22N4OS2/c1-9(12(19)15-10-5-3-2-4-6-10)20-14-18-17-13(21-14)16-11-7-8-11/h9-11H,2-8H2,1H3,(H,15,19)(H,16,17)/t9-/m1/s1. The normalized spacial score (nSPS) is 21.0. The third kappa shape index (κ3) is 4.57. The second-order valence-electron chi connectivity index (χ2n) is 5.90. The van der Waals surface area contributed by atoms with Crippen LogP contribution in [0, 0.1) is 0 Å². The summed E-state index contributed by atoms with van der Waals surface area (Å²) < 4.78 is 0.865. The Kier molecular flexibility index (Phi) is 5.00. The van der Waals surface area contributed by atoms with Crippen LogP contribution >= 0.6 is 23.1 Å². The van der Waals surface area contributed by atoms with Gasteiger partial charge in [-0.15, -0.1) is 10.2 Å². The number of nitrogens with zero attached hydrogens (tertiary/aromatic N) is 2. The maximum Gasteiger partial charge on any atom is 0.233 e. The minimum atomic E-state index is -0.117. The molecule has 3 rings (SSSR count). The highest BCUT2D eigenvalue weighted by atomic mass is 32.2. The van der Waals surface area contributed by atoms with Crippen molar-refractivity contribution in [3.05, 3.63) is 0 Å². The molecule has 0 spiro atoms. The molecule has 0 unspecified atom stereocenters. The summed E-state index contributed by atoms with van der Waals surface area (Å²) in [5.41, 5.74) is 0. The van der Waals surface area contributed by atoms with E-state index in [2.05, 4.69) is 20.8 Å². The van der Waals surface area contributed by atoms with Crippen LogP contribution in [0.1, 0.15) is 51.9 Å². The molecule has 1 aromatic rings. The zero-order chi connectivity index (χ0) is 14.7. The van der Waals surface area contributed by atoms with Crippen LogP contribution < -0.4 is 10.6 Å². The van der Waals surface area contributed by atoms with Gasteiger partial charge in [-0.2, -0.15) is 0 Å². The number of nitrogens with one attached hydrogen (secondary N) is 2. The molecule has 2 saturated carbocycles. The van der Waals surface area contributed by atoms with Gasteiger partial charge in [0.1, 0.15) is 0 Å². The third-order valence-corrected chi connectivity index (χ3v) is 5.95. The van der Waals surface area contributed by atoms with E-state index in [0.29, 0.717) is 12.1 Å². The summed E-state index contributed by atoms with van der Waals surface area (Å²) >= 11 is 3.04. The van der Waals surface area contributed by atoms with E-state index in [1.165, 1.54) is 43.9 Å². The first-order chi connectivity index (χ1) is 10.2. The average molecular weight is 326 g/mol. The zero-order valence-corrected chi connectivity index (χ0v) is 13.9. The number of anilines is 1. The Labute approximate surface area is 133 Å². The van der Waals surface area contributed by atoms with Crippen LogP contribution in [0.25, 0.3) is 0 Å². The Bertz CT molecular complexity index is 483. The first-order valence-corrected chi connectivity index (χ1v) is 9.47. The summed E-state index contributed by atoms with van der Waals surface area (Å²) in [4.78, 5) is 12.2. The fraction of sp³-hybridized carbons (Fsp3) is 0.786. The van der Waals surface area contributed by atoms with Crippen molar-refractivity contribution >= 4 is 34.1 Å². The molecule has 0 aromatic carbocycles. The van der Waals surface area contributed by atoms with Crippen molar-refractivity contribution in [2.24, 2.45) is 0 Å². The third-order valence-electron chi connectivity index (χ3n) is 3.91. The summed E-state index contributed by atoms with van der Waals surface area (Å²) in [5, 5.41) is 15.5. The van der Waals surface area contributed by atoms with E-state index in [4.69, 9.17) is 0 Å². The summed E-state index contributed by atoms with van der Waals surface area (Å²) in [6, 6.07) is 0.957. The lowest BCUT2D eigenvalue weighted by molar-refractivity contribution is -0.121. The lowest BCUT2D eigenvalue weighted by Crippen LogP contribution is -2.40. The van der Waals surface area contributed by atoms with Crippen LogP contribution in [0.2, 0.25) is 0 Å². The van der Waals surface area contributed by atoms with E-state index in [-0.39, 0.29) is 11.2 Å². The van der Waals surface area contributed by atoms with Gasteiger partial charge < -0.3 is 10.6 Å². The van der Waals surface area contributed by atoms with Gasteiger partial charge >= 0.3 is 0 Å². The summed E-state index contributed by atoms with van der Waals surface area (Å²) in [6.45, 7) is 1.94. The van der Waals surface area contributed by atoms with E-state index in [1.807, 2.05) is 6.92 Å². The van der Waals surface area contributed by atoms with E-state index in [9.17, 15) is 4.79 Å². The molecule has 0 bridgehead atoms. The number of hydrogen-bond acceptors (Lipinski definition) is 6. The van der Waals surface area contributed by atoms with E-state index < -0.39 is 0 Å². The van der Waals surface area contributed by atoms with Gasteiger partial charge in [0, 0.05) is 12.1 Å². The van der Waals surface area contributed by atoms with Crippen molar-refractivity contribution in [2.45, 2.75) is 73.5 Å². The monoisotopic (exact) mass is 326 g/mol. The van der Waals surface area contributed by atoms with Crippen LogP contribution in [0.3, 0.4) is 0 Å². The molecule has 1 heterocycles. The molecule has 21 heavy (non-hydrogen) atoms. The van der Waals surface area contributed by atoms with Crippen LogP contribution in [-0.4, -0.2) is 33.4 Å². The number of hydrogen-bond donors (Lipinski definition) is 2. The number of aromatic nitrogens is 2. The molecule has 7 heteroatoms. The molecule has 0 radical (unpaired) electrons. The molecule has 5 nitrogen and oxygen atoms in total. The van der Waals surface area contributed by atoms with Gasteiger partial charge in [0.2, 0.25) is 11.0 Å². The van der Waals surface area contributed by atoms with Crippen LogP contribution in [0.15, 0.2) is 4.34 Å². The van der Waals surface area contributed by atoms with Gasteiger partial charge in [-0.3, -0.25) is 4.79 Å². The van der Waals surface area contributed by atoms with Gasteiger partial charge in [-0.1, -0.05) is 42.4 Å². The highest BCUT2D eigenvalue weighted by Gasteiger charge is 2.24. The summed E-state index contributed by atoms with van der Waals surface area (Å²) in [5.74, 6) is 0.124. The van der Waals surface area contributed by atoms with Crippen molar-refractivity contribution in [1.82, 2.24) is 15.5 Å². The first-order valence-electron chi connectivity index (χ1n) is 7.78. The maximum atomic E-state index is 12.2. The molecule has 2 N–H and O–H groups in total. The second-order valence-corrected chi connectivity index (χ2v) is 8.46. The Morgan fingerprint density at radius 1 is 1.19 bits per heavy atom. The van der Waals surface area contributed by atoms with Crippen LogP contribution in [0.4, 0.5) is 5.13 Å². The lowest BCUT2D eigenvalue weighted by atomic mass is 9.95. The zero-order valence-electron chi connectivity index (χ0n) is 12.3. The van der Waals surface area contributed by atoms with Gasteiger partial charge in [0.15, 0.2) is 4.34 Å². The smallest absolute Gasteiger partial charge is 0.233 e. The maximum absolute atomic E-state index is 12.2. The minimum Gasteiger partial charge on any atom is -0.357 e. The van der Waals surface area contributed by atoms with Gasteiger partial charge in [-0.05, 0) is 32.6 Å². The van der Waals surface area contributed by atoms with Crippen molar-refractivity contribution in [1.29, 1.82) is 0 Å². The Balaban J connectivity index is 1.46. The highest BCUT2D eigenvalue weighted by molar-refractivity contribution is 8.02. The van der Waals surface area contributed by atoms with Crippen LogP contribution in [-0.2, 0) is 4.79 Å². The number of thioether (sulfide) groups is 1. The van der Waals surface area contributed by atoms with E-state index >= 15 is 0 Å². The second kappa shape index (κ2) is 6.96. The number of carbonyl (C=O) groups excluding carboxylic acids is 1. The summed E-state index contributed by atoms with van der Waals surface area (Å²) in [6.07, 6.45) is 8.47. The highest BCUT2D eigenvalue weighted by Crippen LogP contribution is 2.32. The first kappa shape index (κ1) is 15.1. The molecular formula is C14H22N4OS2. The minimum absolute atomic E-state index is 0.117. The number of carbonyl (C=O) groups is 1. The Morgan fingerprint density at radius 3 is 2.67 bits per heavy atom. The summed E-state index contributed by atoms with van der Waals surface area (Å²) in [7, 11) is 0. The van der Waals surface area contributed by atoms with Crippen molar-refractivity contribution in [2.75, 3.05) is 5.32 Å². The molecule has 0 saturated heterocycles. The van der Waals surface area contributed by atoms with Crippen molar-refractivity contribution in [3.63, 3.8) is 0 Å². The molecule has 2 aliphatic rings. The topological polar surface area (TPSA) is 66.9 Å². The molecule has 116 valence electrons. The predicted octanol–water partition coefficient (Wildman–Crippen LogP) is 3.04. The lowest BCUT2D eigenvalue weighted by Gasteiger charge is -2.24. The fourth-order valence-electron chi connectivity index (χ4n) is 2.49. The van der Waals surface area contributed by atoms with Crippen molar-refractivity contribution < 1.29 is 4.79 Å². The predicted molar refractivity (Wildman–Crippen MR) is 86.9 cm³/mol. The molecule has 1 aromatic heterocycles. The number of amides is 1. The average Bonchev–Trinajstić information content (AvgIpc) is 3.19. The molecule has 2 fully saturated rings. The Morgan fingerprint density at radius 2 is 1.95 bits per heavy atom. The van der Waals surface area contributed by atoms with E-state index in [1.54, 1.807) is 11.3 Å². The molecule has 2 aliphatic carbocycles. The molecule has 0 aliphatic heterocycles. The van der Waals surface area contributed by atoms with E-state index in [0.717, 1.165) is 22.3 Å². The molecule has 1 amide bonds. The van der Waals surface area contributed by atoms with Crippen molar-refractivity contribution in [3.8, 4) is 0 Å². The molecular weight excluding hydrogens is 304 g/mol. The fourth-order valence-corrected chi connectivity index (χ4v) is 4.47. The largest absolute Gasteiger partial charge is 0.357 e. The van der Waals surface area contributed by atoms with Gasteiger partial charge in [-0.25, -0.2) is 0 Å². The van der Waals surface area contributed by atoms with Gasteiger partial charge in [0.25, 0.3) is 0 Å². The van der Waals surface area contributed by atoms with Gasteiger partial charge in [0.05, 0.1) is 5.25 Å². The molecule has 1 atom stereocenters. The van der Waals surface area contributed by atoms with Crippen LogP contribution in [0.5, 0.6) is 0 Å².